The lowest BCUT2D eigenvalue weighted by molar-refractivity contribution is 0.756. The fourth-order valence-corrected chi connectivity index (χ4v) is 1.93. The molecule has 1 aromatic carbocycles. The molecule has 2 nitrogen and oxygen atoms in total. The van der Waals surface area contributed by atoms with Gasteiger partial charge in [0.1, 0.15) is 0 Å². The predicted octanol–water partition coefficient (Wildman–Crippen LogP) is 3.52. The van der Waals surface area contributed by atoms with E-state index in [1.54, 1.807) is 0 Å². The first kappa shape index (κ1) is 10.9. The molecule has 2 heteroatoms. The lowest BCUT2D eigenvalue weighted by Gasteiger charge is -2.06. The van der Waals surface area contributed by atoms with Crippen LogP contribution in [-0.2, 0) is 7.05 Å². The summed E-state index contributed by atoms with van der Waals surface area (Å²) in [5.41, 5.74) is 4.93. The van der Waals surface area contributed by atoms with E-state index in [1.165, 1.54) is 16.7 Å². The Morgan fingerprint density at radius 2 is 1.75 bits per heavy atom. The molecule has 0 unspecified atom stereocenters. The molecule has 0 atom stereocenters. The minimum absolute atomic E-state index is 0.587. The molecule has 0 saturated heterocycles. The van der Waals surface area contributed by atoms with E-state index in [0.29, 0.717) is 5.92 Å². The fraction of sp³-hybridized carbons (Fsp3) is 0.357. The van der Waals surface area contributed by atoms with Crippen LogP contribution in [0.4, 0.5) is 0 Å². The van der Waals surface area contributed by atoms with Crippen LogP contribution in [-0.4, -0.2) is 9.78 Å². The largest absolute Gasteiger partial charge is 0.275 e. The van der Waals surface area contributed by atoms with Gasteiger partial charge < -0.3 is 0 Å². The summed E-state index contributed by atoms with van der Waals surface area (Å²) in [4.78, 5) is 0. The quantitative estimate of drug-likeness (QED) is 0.748. The maximum absolute atomic E-state index is 4.36. The van der Waals surface area contributed by atoms with E-state index < -0.39 is 0 Å². The summed E-state index contributed by atoms with van der Waals surface area (Å²) in [6.45, 7) is 6.47. The average molecular weight is 214 g/mol. The highest BCUT2D eigenvalue weighted by atomic mass is 15.2. The van der Waals surface area contributed by atoms with Crippen molar-refractivity contribution in [3.05, 3.63) is 41.7 Å². The van der Waals surface area contributed by atoms with E-state index in [2.05, 4.69) is 49.4 Å². The molecule has 0 aliphatic heterocycles. The van der Waals surface area contributed by atoms with E-state index in [0.717, 1.165) is 5.69 Å². The molecule has 0 aliphatic rings. The molecule has 0 amide bonds. The Bertz CT molecular complexity index is 478. The first-order valence-electron chi connectivity index (χ1n) is 5.68. The Morgan fingerprint density at radius 3 is 2.19 bits per heavy atom. The van der Waals surface area contributed by atoms with E-state index in [9.17, 15) is 0 Å². The molecule has 1 aromatic heterocycles. The topological polar surface area (TPSA) is 17.8 Å². The molecule has 16 heavy (non-hydrogen) atoms. The molecule has 0 bridgehead atoms. The van der Waals surface area contributed by atoms with Gasteiger partial charge >= 0.3 is 0 Å². The maximum Gasteiger partial charge on any atom is 0.0671 e. The minimum Gasteiger partial charge on any atom is -0.275 e. The van der Waals surface area contributed by atoms with Gasteiger partial charge in [-0.3, -0.25) is 4.68 Å². The zero-order valence-corrected chi connectivity index (χ0v) is 10.4. The maximum atomic E-state index is 4.36. The van der Waals surface area contributed by atoms with Crippen LogP contribution in [0.3, 0.4) is 0 Å². The van der Waals surface area contributed by atoms with E-state index >= 15 is 0 Å². The Balaban J connectivity index is 2.38. The highest BCUT2D eigenvalue weighted by molar-refractivity contribution is 5.65. The second-order valence-corrected chi connectivity index (χ2v) is 4.58. The van der Waals surface area contributed by atoms with Gasteiger partial charge in [0.05, 0.1) is 5.69 Å². The molecule has 0 N–H and O–H groups in total. The van der Waals surface area contributed by atoms with Crippen LogP contribution in [0.15, 0.2) is 30.5 Å². The van der Waals surface area contributed by atoms with E-state index in [1.807, 2.05) is 18.7 Å². The van der Waals surface area contributed by atoms with Crippen molar-refractivity contribution in [1.82, 2.24) is 9.78 Å². The van der Waals surface area contributed by atoms with Crippen molar-refractivity contribution in [3.63, 3.8) is 0 Å². The molecule has 1 heterocycles. The molecular weight excluding hydrogens is 196 g/mol. The molecule has 84 valence electrons. The number of hydrogen-bond donors (Lipinski definition) is 0. The molecule has 0 saturated carbocycles. The third kappa shape index (κ3) is 2.01. The van der Waals surface area contributed by atoms with Crippen LogP contribution >= 0.6 is 0 Å². The SMILES string of the molecule is Cc1nn(C)cc1-c1ccc(C(C)C)cc1. The summed E-state index contributed by atoms with van der Waals surface area (Å²) in [5, 5.41) is 4.36. The second kappa shape index (κ2) is 4.12. The highest BCUT2D eigenvalue weighted by Crippen LogP contribution is 2.24. The van der Waals surface area contributed by atoms with Gasteiger partial charge in [-0.2, -0.15) is 5.10 Å². The number of rotatable bonds is 2. The van der Waals surface area contributed by atoms with Crippen LogP contribution < -0.4 is 0 Å². The molecular formula is C14H18N2. The van der Waals surface area contributed by atoms with Gasteiger partial charge in [-0.15, -0.1) is 0 Å². The third-order valence-corrected chi connectivity index (χ3v) is 2.90. The summed E-state index contributed by atoms with van der Waals surface area (Å²) in [5.74, 6) is 0.587. The highest BCUT2D eigenvalue weighted by Gasteiger charge is 2.06. The van der Waals surface area contributed by atoms with Crippen molar-refractivity contribution in [2.75, 3.05) is 0 Å². The number of aryl methyl sites for hydroxylation is 2. The van der Waals surface area contributed by atoms with Crippen LogP contribution in [0.5, 0.6) is 0 Å². The zero-order chi connectivity index (χ0) is 11.7. The third-order valence-electron chi connectivity index (χ3n) is 2.90. The van der Waals surface area contributed by atoms with Crippen molar-refractivity contribution >= 4 is 0 Å². The summed E-state index contributed by atoms with van der Waals surface area (Å²) >= 11 is 0. The van der Waals surface area contributed by atoms with Crippen LogP contribution in [0.2, 0.25) is 0 Å². The van der Waals surface area contributed by atoms with Crippen molar-refractivity contribution in [2.45, 2.75) is 26.7 Å². The Kier molecular flexibility index (Phi) is 2.82. The lowest BCUT2D eigenvalue weighted by Crippen LogP contribution is -1.86. The van der Waals surface area contributed by atoms with Crippen molar-refractivity contribution in [1.29, 1.82) is 0 Å². The minimum atomic E-state index is 0.587. The van der Waals surface area contributed by atoms with Crippen molar-refractivity contribution in [3.8, 4) is 11.1 Å². The summed E-state index contributed by atoms with van der Waals surface area (Å²) in [7, 11) is 1.96. The predicted molar refractivity (Wildman–Crippen MR) is 67.5 cm³/mol. The number of nitrogens with zero attached hydrogens (tertiary/aromatic N) is 2. The summed E-state index contributed by atoms with van der Waals surface area (Å²) in [6.07, 6.45) is 2.07. The van der Waals surface area contributed by atoms with Crippen LogP contribution in [0.25, 0.3) is 11.1 Å². The Hall–Kier alpha value is -1.57. The van der Waals surface area contributed by atoms with Gasteiger partial charge in [0.2, 0.25) is 0 Å². The fourth-order valence-electron chi connectivity index (χ4n) is 1.93. The molecule has 0 spiro atoms. The molecule has 0 fully saturated rings. The molecule has 0 aliphatic carbocycles. The summed E-state index contributed by atoms with van der Waals surface area (Å²) in [6, 6.07) is 8.76. The number of benzene rings is 1. The summed E-state index contributed by atoms with van der Waals surface area (Å²) < 4.78 is 1.86. The Morgan fingerprint density at radius 1 is 1.12 bits per heavy atom. The molecule has 2 rings (SSSR count). The van der Waals surface area contributed by atoms with Crippen molar-refractivity contribution in [2.24, 2.45) is 7.05 Å². The second-order valence-electron chi connectivity index (χ2n) is 4.58. The monoisotopic (exact) mass is 214 g/mol. The first-order chi connectivity index (χ1) is 7.58. The standard InChI is InChI=1S/C14H18N2/c1-10(2)12-5-7-13(8-6-12)14-9-16(4)15-11(14)3/h5-10H,1-4H3. The molecule has 2 aromatic rings. The van der Waals surface area contributed by atoms with E-state index in [-0.39, 0.29) is 0 Å². The van der Waals surface area contributed by atoms with Gasteiger partial charge in [-0.25, -0.2) is 0 Å². The van der Waals surface area contributed by atoms with Crippen molar-refractivity contribution < 1.29 is 0 Å². The number of aromatic nitrogens is 2. The van der Waals surface area contributed by atoms with Crippen LogP contribution in [0.1, 0.15) is 31.0 Å². The van der Waals surface area contributed by atoms with Gasteiger partial charge in [0.15, 0.2) is 0 Å². The molecule has 0 radical (unpaired) electrons. The normalized spacial score (nSPS) is 11.1. The van der Waals surface area contributed by atoms with Crippen LogP contribution in [0, 0.1) is 6.92 Å². The lowest BCUT2D eigenvalue weighted by atomic mass is 9.99. The Labute approximate surface area is 96.9 Å². The average Bonchev–Trinajstić information content (AvgIpc) is 2.58. The van der Waals surface area contributed by atoms with Gasteiger partial charge in [-0.1, -0.05) is 38.1 Å². The smallest absolute Gasteiger partial charge is 0.0671 e. The van der Waals surface area contributed by atoms with Gasteiger partial charge in [-0.05, 0) is 24.0 Å². The first-order valence-corrected chi connectivity index (χ1v) is 5.68. The van der Waals surface area contributed by atoms with Gasteiger partial charge in [0, 0.05) is 18.8 Å². The van der Waals surface area contributed by atoms with E-state index in [4.69, 9.17) is 0 Å². The number of hydrogen-bond acceptors (Lipinski definition) is 1. The van der Waals surface area contributed by atoms with Gasteiger partial charge in [0.25, 0.3) is 0 Å². The zero-order valence-electron chi connectivity index (χ0n) is 10.4.